The maximum Gasteiger partial charge on any atom is 0.306 e. The molecule has 0 bridgehead atoms. The smallest absolute Gasteiger partial charge is 0.306 e. The summed E-state index contributed by atoms with van der Waals surface area (Å²) < 4.78 is 4.97. The molecule has 2 saturated carbocycles. The molecule has 2 fully saturated rings. The molecule has 0 radical (unpaired) electrons. The number of carbonyl (C=O) groups excluding carboxylic acids is 1. The van der Waals surface area contributed by atoms with Crippen LogP contribution >= 0.6 is 0 Å². The van der Waals surface area contributed by atoms with Crippen LogP contribution < -0.4 is 0 Å². The Bertz CT molecular complexity index is 344. The largest absolute Gasteiger partial charge is 0.466 e. The Kier molecular flexibility index (Phi) is 3.88. The molecule has 0 saturated heterocycles. The Morgan fingerprint density at radius 2 is 2.17 bits per heavy atom. The van der Waals surface area contributed by atoms with Gasteiger partial charge < -0.3 is 4.74 Å². The van der Waals surface area contributed by atoms with E-state index in [0.717, 1.165) is 19.3 Å². The molecule has 0 spiro atoms. The summed E-state index contributed by atoms with van der Waals surface area (Å²) in [6.45, 7) is 2.04. The van der Waals surface area contributed by atoms with Crippen LogP contribution in [0.2, 0.25) is 0 Å². The summed E-state index contributed by atoms with van der Waals surface area (Å²) >= 11 is 0. The third-order valence-corrected chi connectivity index (χ3v) is 4.61. The zero-order chi connectivity index (χ0) is 13.2. The van der Waals surface area contributed by atoms with Crippen LogP contribution in [-0.2, 0) is 9.53 Å². The van der Waals surface area contributed by atoms with E-state index in [1.165, 1.54) is 12.8 Å². The number of nitrogens with zero attached hydrogens (tertiary/aromatic N) is 1. The standard InChI is InChI=1S/C13H21NO4/c1-2-18-12(15)8-13(9-14(16)17)7-10-5-3-4-6-11(10)13/h10-11H,2-9H2,1H3/t10-,11-,13-/m0/s1. The van der Waals surface area contributed by atoms with Crippen LogP contribution in [0.4, 0.5) is 0 Å². The topological polar surface area (TPSA) is 69.4 Å². The third kappa shape index (κ3) is 2.49. The van der Waals surface area contributed by atoms with E-state index in [1.807, 2.05) is 0 Å². The van der Waals surface area contributed by atoms with Crippen molar-refractivity contribution in [2.45, 2.75) is 45.4 Å². The summed E-state index contributed by atoms with van der Waals surface area (Å²) in [6.07, 6.45) is 5.64. The Morgan fingerprint density at radius 1 is 1.44 bits per heavy atom. The van der Waals surface area contributed by atoms with Gasteiger partial charge in [0.15, 0.2) is 0 Å². The van der Waals surface area contributed by atoms with Gasteiger partial charge in [0.25, 0.3) is 0 Å². The molecule has 5 nitrogen and oxygen atoms in total. The fourth-order valence-corrected chi connectivity index (χ4v) is 3.97. The highest BCUT2D eigenvalue weighted by Gasteiger charge is 2.57. The highest BCUT2D eigenvalue weighted by atomic mass is 16.6. The molecule has 0 heterocycles. The fourth-order valence-electron chi connectivity index (χ4n) is 3.97. The molecule has 0 aromatic carbocycles. The number of esters is 1. The zero-order valence-electron chi connectivity index (χ0n) is 10.9. The highest BCUT2D eigenvalue weighted by Crippen LogP contribution is 2.59. The SMILES string of the molecule is CCOC(=O)C[C@]1(C[N+](=O)[O-])C[C@@H]2CCCC[C@@H]21. The van der Waals surface area contributed by atoms with E-state index in [0.29, 0.717) is 18.4 Å². The lowest BCUT2D eigenvalue weighted by atomic mass is 9.48. The van der Waals surface area contributed by atoms with Crippen LogP contribution in [0, 0.1) is 27.4 Å². The molecule has 102 valence electrons. The third-order valence-electron chi connectivity index (χ3n) is 4.61. The summed E-state index contributed by atoms with van der Waals surface area (Å²) in [5.41, 5.74) is -0.416. The summed E-state index contributed by atoms with van der Waals surface area (Å²) in [7, 11) is 0. The first-order chi connectivity index (χ1) is 8.57. The van der Waals surface area contributed by atoms with Crippen molar-refractivity contribution >= 4 is 5.97 Å². The van der Waals surface area contributed by atoms with Crippen molar-refractivity contribution in [2.75, 3.05) is 13.2 Å². The second kappa shape index (κ2) is 5.24. The quantitative estimate of drug-likeness (QED) is 0.430. The minimum Gasteiger partial charge on any atom is -0.466 e. The highest BCUT2D eigenvalue weighted by molar-refractivity contribution is 5.70. The van der Waals surface area contributed by atoms with Gasteiger partial charge in [-0.05, 0) is 31.6 Å². The predicted octanol–water partition coefficient (Wildman–Crippen LogP) is 2.41. The molecule has 18 heavy (non-hydrogen) atoms. The number of ether oxygens (including phenoxy) is 1. The first-order valence-electron chi connectivity index (χ1n) is 6.85. The Morgan fingerprint density at radius 3 is 2.78 bits per heavy atom. The lowest BCUT2D eigenvalue weighted by Gasteiger charge is -2.55. The van der Waals surface area contributed by atoms with Gasteiger partial charge in [-0.2, -0.15) is 0 Å². The van der Waals surface area contributed by atoms with Crippen LogP contribution in [0.5, 0.6) is 0 Å². The second-order valence-corrected chi connectivity index (χ2v) is 5.69. The van der Waals surface area contributed by atoms with Crippen LogP contribution in [0.25, 0.3) is 0 Å². The number of nitro groups is 1. The molecular weight excluding hydrogens is 234 g/mol. The summed E-state index contributed by atoms with van der Waals surface area (Å²) in [6, 6.07) is 0. The minimum atomic E-state index is -0.416. The lowest BCUT2D eigenvalue weighted by Crippen LogP contribution is -2.54. The van der Waals surface area contributed by atoms with Crippen molar-refractivity contribution in [3.05, 3.63) is 10.1 Å². The van der Waals surface area contributed by atoms with Crippen molar-refractivity contribution < 1.29 is 14.5 Å². The number of hydrogen-bond acceptors (Lipinski definition) is 4. The van der Waals surface area contributed by atoms with Crippen LogP contribution in [-0.4, -0.2) is 24.0 Å². The normalized spacial score (nSPS) is 34.3. The zero-order valence-corrected chi connectivity index (χ0v) is 10.9. The summed E-state index contributed by atoms with van der Waals surface area (Å²) in [5.74, 6) is 0.692. The number of hydrogen-bond donors (Lipinski definition) is 0. The lowest BCUT2D eigenvalue weighted by molar-refractivity contribution is -0.508. The van der Waals surface area contributed by atoms with Gasteiger partial charge in [-0.15, -0.1) is 0 Å². The van der Waals surface area contributed by atoms with Crippen LogP contribution in [0.15, 0.2) is 0 Å². The van der Waals surface area contributed by atoms with Crippen molar-refractivity contribution in [3.63, 3.8) is 0 Å². The van der Waals surface area contributed by atoms with Gasteiger partial charge >= 0.3 is 5.97 Å². The van der Waals surface area contributed by atoms with Gasteiger partial charge in [0.2, 0.25) is 6.54 Å². The molecule has 2 rings (SSSR count). The molecule has 0 N–H and O–H groups in total. The average Bonchev–Trinajstić information content (AvgIpc) is 2.27. The van der Waals surface area contributed by atoms with Crippen molar-refractivity contribution in [3.8, 4) is 0 Å². The predicted molar refractivity (Wildman–Crippen MR) is 65.6 cm³/mol. The molecule has 2 aliphatic rings. The van der Waals surface area contributed by atoms with E-state index in [2.05, 4.69) is 0 Å². The minimum absolute atomic E-state index is 0.0764. The molecule has 0 aromatic rings. The van der Waals surface area contributed by atoms with Crippen molar-refractivity contribution in [2.24, 2.45) is 17.3 Å². The van der Waals surface area contributed by atoms with Crippen LogP contribution in [0.3, 0.4) is 0 Å². The number of rotatable bonds is 5. The molecule has 0 amide bonds. The van der Waals surface area contributed by atoms with E-state index in [1.54, 1.807) is 6.92 Å². The summed E-state index contributed by atoms with van der Waals surface area (Å²) in [4.78, 5) is 22.3. The maximum atomic E-state index is 11.7. The molecule has 0 aromatic heterocycles. The van der Waals surface area contributed by atoms with E-state index >= 15 is 0 Å². The number of fused-ring (bicyclic) bond motifs is 1. The monoisotopic (exact) mass is 255 g/mol. The average molecular weight is 255 g/mol. The van der Waals surface area contributed by atoms with E-state index in [4.69, 9.17) is 4.74 Å². The molecule has 3 atom stereocenters. The van der Waals surface area contributed by atoms with Crippen LogP contribution in [0.1, 0.15) is 45.4 Å². The Labute approximate surface area is 107 Å². The fraction of sp³-hybridized carbons (Fsp3) is 0.923. The van der Waals surface area contributed by atoms with Crippen molar-refractivity contribution in [1.82, 2.24) is 0 Å². The molecular formula is C13H21NO4. The van der Waals surface area contributed by atoms with E-state index in [-0.39, 0.29) is 23.9 Å². The van der Waals surface area contributed by atoms with Crippen molar-refractivity contribution in [1.29, 1.82) is 0 Å². The molecule has 0 unspecified atom stereocenters. The van der Waals surface area contributed by atoms with Gasteiger partial charge in [-0.25, -0.2) is 0 Å². The molecule has 2 aliphatic carbocycles. The first-order valence-corrected chi connectivity index (χ1v) is 6.85. The van der Waals surface area contributed by atoms with Gasteiger partial charge in [0, 0.05) is 10.3 Å². The maximum absolute atomic E-state index is 11.7. The van der Waals surface area contributed by atoms with Gasteiger partial charge in [0.1, 0.15) is 0 Å². The Hall–Kier alpha value is -1.13. The van der Waals surface area contributed by atoms with Gasteiger partial charge in [0.05, 0.1) is 13.0 Å². The van der Waals surface area contributed by atoms with E-state index in [9.17, 15) is 14.9 Å². The Balaban J connectivity index is 2.05. The summed E-state index contributed by atoms with van der Waals surface area (Å²) in [5, 5.41) is 10.9. The number of carbonyl (C=O) groups is 1. The van der Waals surface area contributed by atoms with Gasteiger partial charge in [-0.3, -0.25) is 14.9 Å². The van der Waals surface area contributed by atoms with E-state index < -0.39 is 5.41 Å². The second-order valence-electron chi connectivity index (χ2n) is 5.69. The molecule has 5 heteroatoms. The first kappa shape index (κ1) is 13.3. The molecule has 0 aliphatic heterocycles. The van der Waals surface area contributed by atoms with Gasteiger partial charge in [-0.1, -0.05) is 19.3 Å².